The molecule has 0 radical (unpaired) electrons. The van der Waals surface area contributed by atoms with E-state index in [0.29, 0.717) is 28.5 Å². The molecule has 1 N–H and O–H groups in total. The van der Waals surface area contributed by atoms with Crippen LogP contribution in [0.15, 0.2) is 70.2 Å². The van der Waals surface area contributed by atoms with Gasteiger partial charge in [-0.2, -0.15) is 0 Å². The summed E-state index contributed by atoms with van der Waals surface area (Å²) in [4.78, 5) is 12.6. The van der Waals surface area contributed by atoms with E-state index in [0.717, 1.165) is 5.56 Å². The summed E-state index contributed by atoms with van der Waals surface area (Å²) in [6.45, 7) is 2.14. The summed E-state index contributed by atoms with van der Waals surface area (Å²) in [5.74, 6) is 0.421. The third-order valence-electron chi connectivity index (χ3n) is 4.87. The van der Waals surface area contributed by atoms with Crippen LogP contribution in [0.3, 0.4) is 0 Å². The van der Waals surface area contributed by atoms with Crippen molar-refractivity contribution in [2.45, 2.75) is 30.8 Å². The van der Waals surface area contributed by atoms with Gasteiger partial charge in [-0.25, -0.2) is 8.42 Å². The molecule has 0 unspecified atom stereocenters. The van der Waals surface area contributed by atoms with Crippen molar-refractivity contribution in [1.29, 1.82) is 0 Å². The molecule has 1 amide bonds. The first-order chi connectivity index (χ1) is 13.9. The fraction of sp³-hybridized carbons (Fsp3) is 0.190. The summed E-state index contributed by atoms with van der Waals surface area (Å²) in [6.07, 6.45) is 2.08. The maximum atomic E-state index is 13.2. The second-order valence-corrected chi connectivity index (χ2v) is 9.16. The number of benzene rings is 2. The lowest BCUT2D eigenvalue weighted by molar-refractivity contribution is 0.0948. The number of furan rings is 1. The average Bonchev–Trinajstić information content (AvgIpc) is 3.32. The van der Waals surface area contributed by atoms with Gasteiger partial charge in [0.1, 0.15) is 5.76 Å². The zero-order valence-electron chi connectivity index (χ0n) is 15.6. The Bertz CT molecular complexity index is 1140. The van der Waals surface area contributed by atoms with Gasteiger partial charge in [-0.15, -0.1) is 0 Å². The number of carbonyl (C=O) groups excluding carboxylic acids is 1. The number of anilines is 1. The van der Waals surface area contributed by atoms with Crippen molar-refractivity contribution in [3.8, 4) is 0 Å². The maximum Gasteiger partial charge on any atom is 0.264 e. The topological polar surface area (TPSA) is 79.6 Å². The molecule has 150 valence electrons. The maximum absolute atomic E-state index is 13.2. The molecule has 8 heteroatoms. The Morgan fingerprint density at radius 3 is 2.66 bits per heavy atom. The molecule has 4 rings (SSSR count). The number of hydrogen-bond acceptors (Lipinski definition) is 4. The summed E-state index contributed by atoms with van der Waals surface area (Å²) in [6, 6.07) is 14.5. The lowest BCUT2D eigenvalue weighted by atomic mass is 10.1. The molecule has 0 spiro atoms. The number of halogens is 1. The normalized spacial score (nSPS) is 15.9. The molecule has 2 aromatic carbocycles. The highest BCUT2D eigenvalue weighted by atomic mass is 35.5. The van der Waals surface area contributed by atoms with E-state index in [2.05, 4.69) is 5.32 Å². The number of sulfonamides is 1. The molecular weight excluding hydrogens is 412 g/mol. The highest BCUT2D eigenvalue weighted by molar-refractivity contribution is 7.92. The minimum absolute atomic E-state index is 0.182. The second-order valence-electron chi connectivity index (χ2n) is 6.91. The zero-order valence-corrected chi connectivity index (χ0v) is 17.2. The predicted octanol–water partition coefficient (Wildman–Crippen LogP) is 4.00. The van der Waals surface area contributed by atoms with E-state index in [1.165, 1.54) is 16.4 Å². The predicted molar refractivity (Wildman–Crippen MR) is 111 cm³/mol. The van der Waals surface area contributed by atoms with Crippen molar-refractivity contribution < 1.29 is 17.6 Å². The van der Waals surface area contributed by atoms with Gasteiger partial charge in [-0.3, -0.25) is 9.10 Å². The van der Waals surface area contributed by atoms with E-state index in [9.17, 15) is 13.2 Å². The van der Waals surface area contributed by atoms with Crippen LogP contribution >= 0.6 is 11.6 Å². The molecule has 0 saturated heterocycles. The van der Waals surface area contributed by atoms with Crippen molar-refractivity contribution in [2.75, 3.05) is 4.31 Å². The summed E-state index contributed by atoms with van der Waals surface area (Å²) in [5, 5.41) is 3.28. The number of rotatable bonds is 5. The molecule has 1 aliphatic rings. The Balaban J connectivity index is 1.59. The highest BCUT2D eigenvalue weighted by Crippen LogP contribution is 2.37. The Hall–Kier alpha value is -2.77. The van der Waals surface area contributed by atoms with Gasteiger partial charge in [-0.1, -0.05) is 11.6 Å². The average molecular weight is 431 g/mol. The van der Waals surface area contributed by atoms with E-state index in [4.69, 9.17) is 16.0 Å². The summed E-state index contributed by atoms with van der Waals surface area (Å²) in [5.41, 5.74) is 1.89. The molecule has 0 fully saturated rings. The number of nitrogens with zero attached hydrogens (tertiary/aromatic N) is 1. The van der Waals surface area contributed by atoms with Crippen molar-refractivity contribution in [2.24, 2.45) is 0 Å². The quantitative estimate of drug-likeness (QED) is 0.663. The molecular formula is C21H19ClN2O4S. The first-order valence-corrected chi connectivity index (χ1v) is 10.9. The van der Waals surface area contributed by atoms with Crippen molar-refractivity contribution in [3.63, 3.8) is 0 Å². The lowest BCUT2D eigenvalue weighted by Crippen LogP contribution is -2.35. The van der Waals surface area contributed by atoms with E-state index in [1.54, 1.807) is 48.7 Å². The standard InChI is InChI=1S/C21H19ClN2O4S/c1-14-11-16-12-15(21(25)23-13-18-3-2-10-28-18)4-9-20(16)24(14)29(26,27)19-7-5-17(22)6-8-19/h2-10,12,14H,11,13H2,1H3,(H,23,25)/t14-/m1/s1. The van der Waals surface area contributed by atoms with Gasteiger partial charge in [0.15, 0.2) is 0 Å². The van der Waals surface area contributed by atoms with E-state index >= 15 is 0 Å². The Morgan fingerprint density at radius 2 is 1.97 bits per heavy atom. The molecule has 0 aliphatic carbocycles. The van der Waals surface area contributed by atoms with E-state index in [-0.39, 0.29) is 23.4 Å². The van der Waals surface area contributed by atoms with Gasteiger partial charge in [0, 0.05) is 16.6 Å². The summed E-state index contributed by atoms with van der Waals surface area (Å²) < 4.78 is 33.0. The largest absolute Gasteiger partial charge is 0.467 e. The Kier molecular flexibility index (Phi) is 5.10. The van der Waals surface area contributed by atoms with E-state index < -0.39 is 10.0 Å². The Morgan fingerprint density at radius 1 is 1.21 bits per heavy atom. The zero-order chi connectivity index (χ0) is 20.6. The molecule has 2 heterocycles. The fourth-order valence-electron chi connectivity index (χ4n) is 3.51. The number of carbonyl (C=O) groups is 1. The molecule has 29 heavy (non-hydrogen) atoms. The van der Waals surface area contributed by atoms with E-state index in [1.807, 2.05) is 6.92 Å². The smallest absolute Gasteiger partial charge is 0.264 e. The van der Waals surface area contributed by atoms with Crippen LogP contribution in [0.2, 0.25) is 5.02 Å². The van der Waals surface area contributed by atoms with Crippen molar-refractivity contribution in [3.05, 3.63) is 82.8 Å². The van der Waals surface area contributed by atoms with Crippen molar-refractivity contribution >= 4 is 33.2 Å². The molecule has 6 nitrogen and oxygen atoms in total. The second kappa shape index (κ2) is 7.57. The monoisotopic (exact) mass is 430 g/mol. The van der Waals surface area contributed by atoms with Crippen LogP contribution < -0.4 is 9.62 Å². The van der Waals surface area contributed by atoms with Gasteiger partial charge in [0.25, 0.3) is 15.9 Å². The molecule has 0 bridgehead atoms. The van der Waals surface area contributed by atoms with Gasteiger partial charge < -0.3 is 9.73 Å². The molecule has 3 aromatic rings. The molecule has 1 aliphatic heterocycles. The molecule has 1 aromatic heterocycles. The SMILES string of the molecule is C[C@@H]1Cc2cc(C(=O)NCc3ccco3)ccc2N1S(=O)(=O)c1ccc(Cl)cc1. The van der Waals surface area contributed by atoms with Gasteiger partial charge in [-0.05, 0) is 73.5 Å². The highest BCUT2D eigenvalue weighted by Gasteiger charge is 2.36. The van der Waals surface area contributed by atoms with Crippen LogP contribution in [0.5, 0.6) is 0 Å². The fourth-order valence-corrected chi connectivity index (χ4v) is 5.33. The Labute approximate surface area is 174 Å². The molecule has 0 saturated carbocycles. The number of nitrogens with one attached hydrogen (secondary N) is 1. The van der Waals surface area contributed by atoms with Gasteiger partial charge >= 0.3 is 0 Å². The minimum Gasteiger partial charge on any atom is -0.467 e. The number of amides is 1. The first-order valence-electron chi connectivity index (χ1n) is 9.10. The van der Waals surface area contributed by atoms with Crippen LogP contribution in [-0.4, -0.2) is 20.4 Å². The van der Waals surface area contributed by atoms with Gasteiger partial charge in [0.2, 0.25) is 0 Å². The van der Waals surface area contributed by atoms with Crippen LogP contribution in [0.1, 0.15) is 28.6 Å². The van der Waals surface area contributed by atoms with Crippen LogP contribution in [0, 0.1) is 0 Å². The third-order valence-corrected chi connectivity index (χ3v) is 7.06. The van der Waals surface area contributed by atoms with Crippen molar-refractivity contribution in [1.82, 2.24) is 5.32 Å². The number of hydrogen-bond donors (Lipinski definition) is 1. The summed E-state index contributed by atoms with van der Waals surface area (Å²) in [7, 11) is -3.73. The minimum atomic E-state index is -3.73. The first kappa shape index (κ1) is 19.5. The van der Waals surface area contributed by atoms with Crippen LogP contribution in [0.25, 0.3) is 0 Å². The third kappa shape index (κ3) is 3.75. The van der Waals surface area contributed by atoms with Crippen LogP contribution in [0.4, 0.5) is 5.69 Å². The van der Waals surface area contributed by atoms with Gasteiger partial charge in [0.05, 0.1) is 23.4 Å². The molecule has 1 atom stereocenters. The number of fused-ring (bicyclic) bond motifs is 1. The van der Waals surface area contributed by atoms with Crippen LogP contribution in [-0.2, 0) is 23.0 Å². The lowest BCUT2D eigenvalue weighted by Gasteiger charge is -2.24. The summed E-state index contributed by atoms with van der Waals surface area (Å²) >= 11 is 5.88.